The molecule has 25 heavy (non-hydrogen) atoms. The molecule has 3 rings (SSSR count). The molecule has 0 bridgehead atoms. The van der Waals surface area contributed by atoms with E-state index in [9.17, 15) is 4.79 Å². The summed E-state index contributed by atoms with van der Waals surface area (Å²) >= 11 is 0. The number of hydrogen-bond acceptors (Lipinski definition) is 4. The first-order valence-corrected chi connectivity index (χ1v) is 7.98. The number of amides is 1. The number of rotatable bonds is 4. The van der Waals surface area contributed by atoms with E-state index in [2.05, 4.69) is 15.3 Å². The number of aromatic nitrogens is 2. The number of nitrogens with zero attached hydrogens (tertiary/aromatic N) is 2. The summed E-state index contributed by atoms with van der Waals surface area (Å²) in [6, 6.07) is 16.8. The molecule has 0 aliphatic rings. The zero-order valence-electron chi connectivity index (χ0n) is 14.4. The van der Waals surface area contributed by atoms with Gasteiger partial charge in [-0.1, -0.05) is 18.2 Å². The Bertz CT molecular complexity index is 885. The smallest absolute Gasteiger partial charge is 0.322 e. The van der Waals surface area contributed by atoms with Gasteiger partial charge in [-0.25, -0.2) is 9.97 Å². The third-order valence-corrected chi connectivity index (χ3v) is 3.67. The number of carbonyl (C=O) groups is 1. The van der Waals surface area contributed by atoms with Gasteiger partial charge in [0.05, 0.1) is 0 Å². The summed E-state index contributed by atoms with van der Waals surface area (Å²) in [6.45, 7) is 5.70. The van der Waals surface area contributed by atoms with Crippen molar-refractivity contribution in [3.8, 4) is 11.8 Å². The number of benzene rings is 2. The largest absolute Gasteiger partial charge is 0.424 e. The van der Waals surface area contributed by atoms with Crippen molar-refractivity contribution in [2.24, 2.45) is 0 Å². The van der Waals surface area contributed by atoms with Gasteiger partial charge < -0.3 is 10.1 Å². The van der Waals surface area contributed by atoms with Gasteiger partial charge in [-0.2, -0.15) is 0 Å². The highest BCUT2D eigenvalue weighted by Gasteiger charge is 2.09. The van der Waals surface area contributed by atoms with Crippen molar-refractivity contribution in [1.29, 1.82) is 0 Å². The fourth-order valence-corrected chi connectivity index (χ4v) is 2.48. The molecule has 0 spiro atoms. The molecule has 0 unspecified atom stereocenters. The minimum Gasteiger partial charge on any atom is -0.424 e. The summed E-state index contributed by atoms with van der Waals surface area (Å²) in [5.41, 5.74) is 3.99. The lowest BCUT2D eigenvalue weighted by molar-refractivity contribution is 0.102. The van der Waals surface area contributed by atoms with E-state index < -0.39 is 0 Å². The molecule has 0 aliphatic heterocycles. The van der Waals surface area contributed by atoms with E-state index in [4.69, 9.17) is 4.74 Å². The van der Waals surface area contributed by atoms with E-state index in [1.807, 2.05) is 45.0 Å². The van der Waals surface area contributed by atoms with E-state index in [-0.39, 0.29) is 5.91 Å². The van der Waals surface area contributed by atoms with Gasteiger partial charge in [-0.05, 0) is 62.7 Å². The normalized spacial score (nSPS) is 10.4. The summed E-state index contributed by atoms with van der Waals surface area (Å²) in [7, 11) is 0. The average molecular weight is 333 g/mol. The second-order valence-electron chi connectivity index (χ2n) is 5.83. The summed E-state index contributed by atoms with van der Waals surface area (Å²) in [4.78, 5) is 20.8. The molecule has 0 saturated heterocycles. The molecule has 0 atom stereocenters. The van der Waals surface area contributed by atoms with Crippen molar-refractivity contribution >= 4 is 11.6 Å². The lowest BCUT2D eigenvalue weighted by Gasteiger charge is -2.09. The highest BCUT2D eigenvalue weighted by molar-refractivity contribution is 6.05. The van der Waals surface area contributed by atoms with Crippen LogP contribution in [0.3, 0.4) is 0 Å². The summed E-state index contributed by atoms with van der Waals surface area (Å²) in [5.74, 6) is 0.475. The maximum atomic E-state index is 12.3. The zero-order chi connectivity index (χ0) is 17.8. The van der Waals surface area contributed by atoms with Crippen LogP contribution in [0.1, 0.15) is 27.3 Å². The molecule has 0 fully saturated rings. The number of nitrogens with one attached hydrogen (secondary N) is 1. The molecule has 126 valence electrons. The first-order valence-electron chi connectivity index (χ1n) is 7.98. The Morgan fingerprint density at radius 1 is 0.920 bits per heavy atom. The lowest BCUT2D eigenvalue weighted by Crippen LogP contribution is -2.13. The molecule has 1 amide bonds. The first-order chi connectivity index (χ1) is 12.0. The number of ether oxygens (including phenoxy) is 1. The maximum absolute atomic E-state index is 12.3. The van der Waals surface area contributed by atoms with Crippen LogP contribution in [0.15, 0.2) is 54.6 Å². The second-order valence-corrected chi connectivity index (χ2v) is 5.83. The number of aryl methyl sites for hydroxylation is 3. The van der Waals surface area contributed by atoms with Gasteiger partial charge in [0.15, 0.2) is 0 Å². The van der Waals surface area contributed by atoms with Crippen LogP contribution in [-0.4, -0.2) is 15.9 Å². The van der Waals surface area contributed by atoms with Crippen LogP contribution in [0.4, 0.5) is 5.69 Å². The third-order valence-electron chi connectivity index (χ3n) is 3.67. The standard InChI is InChI=1S/C20H19N3O2/c1-13-6-4-5-7-18(13)19(24)23-16-8-10-17(11-9-16)25-20-21-14(2)12-15(3)22-20/h4-12H,1-3H3,(H,23,24). The molecule has 0 aliphatic carbocycles. The SMILES string of the molecule is Cc1cc(C)nc(Oc2ccc(NC(=O)c3ccccc3C)cc2)n1. The van der Waals surface area contributed by atoms with E-state index in [1.165, 1.54) is 0 Å². The number of carbonyl (C=O) groups excluding carboxylic acids is 1. The van der Waals surface area contributed by atoms with Crippen LogP contribution < -0.4 is 10.1 Å². The van der Waals surface area contributed by atoms with E-state index in [0.717, 1.165) is 17.0 Å². The maximum Gasteiger partial charge on any atom is 0.322 e. The Hall–Kier alpha value is -3.21. The van der Waals surface area contributed by atoms with Gasteiger partial charge >= 0.3 is 6.01 Å². The van der Waals surface area contributed by atoms with Crippen LogP contribution in [-0.2, 0) is 0 Å². The molecular formula is C20H19N3O2. The van der Waals surface area contributed by atoms with Gasteiger partial charge in [0, 0.05) is 22.6 Å². The minimum absolute atomic E-state index is 0.135. The van der Waals surface area contributed by atoms with Gasteiger partial charge in [0.25, 0.3) is 5.91 Å². The van der Waals surface area contributed by atoms with Crippen molar-refractivity contribution in [2.45, 2.75) is 20.8 Å². The van der Waals surface area contributed by atoms with E-state index in [1.54, 1.807) is 30.3 Å². The Morgan fingerprint density at radius 3 is 2.20 bits per heavy atom. The van der Waals surface area contributed by atoms with Crippen molar-refractivity contribution in [2.75, 3.05) is 5.32 Å². The highest BCUT2D eigenvalue weighted by Crippen LogP contribution is 2.21. The Balaban J connectivity index is 1.70. The predicted octanol–water partition coefficient (Wildman–Crippen LogP) is 4.45. The first kappa shape index (κ1) is 16.6. The molecule has 5 heteroatoms. The van der Waals surface area contributed by atoms with E-state index >= 15 is 0 Å². The van der Waals surface area contributed by atoms with Crippen LogP contribution >= 0.6 is 0 Å². The zero-order valence-corrected chi connectivity index (χ0v) is 14.4. The van der Waals surface area contributed by atoms with Crippen molar-refractivity contribution in [3.63, 3.8) is 0 Å². The third kappa shape index (κ3) is 4.20. The van der Waals surface area contributed by atoms with Gasteiger partial charge in [-0.15, -0.1) is 0 Å². The minimum atomic E-state index is -0.135. The fraction of sp³-hybridized carbons (Fsp3) is 0.150. The van der Waals surface area contributed by atoms with Crippen molar-refractivity contribution < 1.29 is 9.53 Å². The van der Waals surface area contributed by atoms with Crippen LogP contribution in [0.2, 0.25) is 0 Å². The highest BCUT2D eigenvalue weighted by atomic mass is 16.5. The van der Waals surface area contributed by atoms with Crippen LogP contribution in [0.25, 0.3) is 0 Å². The Morgan fingerprint density at radius 2 is 1.56 bits per heavy atom. The second kappa shape index (κ2) is 7.13. The van der Waals surface area contributed by atoms with Crippen molar-refractivity contribution in [1.82, 2.24) is 9.97 Å². The molecular weight excluding hydrogens is 314 g/mol. The molecule has 1 N–H and O–H groups in total. The molecule has 1 aromatic heterocycles. The van der Waals surface area contributed by atoms with Gasteiger partial charge in [0.2, 0.25) is 0 Å². The lowest BCUT2D eigenvalue weighted by atomic mass is 10.1. The summed E-state index contributed by atoms with van der Waals surface area (Å²) in [6.07, 6.45) is 0. The summed E-state index contributed by atoms with van der Waals surface area (Å²) < 4.78 is 5.67. The number of anilines is 1. The Labute approximate surface area is 146 Å². The van der Waals surface area contributed by atoms with Gasteiger partial charge in [-0.3, -0.25) is 4.79 Å². The molecule has 2 aromatic carbocycles. The quantitative estimate of drug-likeness (QED) is 0.766. The monoisotopic (exact) mass is 333 g/mol. The topological polar surface area (TPSA) is 64.1 Å². The molecule has 5 nitrogen and oxygen atoms in total. The van der Waals surface area contributed by atoms with E-state index in [0.29, 0.717) is 23.0 Å². The fourth-order valence-electron chi connectivity index (χ4n) is 2.48. The average Bonchev–Trinajstić information content (AvgIpc) is 2.56. The van der Waals surface area contributed by atoms with Crippen molar-refractivity contribution in [3.05, 3.63) is 77.1 Å². The molecule has 0 saturated carbocycles. The molecule has 3 aromatic rings. The Kier molecular flexibility index (Phi) is 4.75. The number of hydrogen-bond donors (Lipinski definition) is 1. The van der Waals surface area contributed by atoms with Crippen LogP contribution in [0.5, 0.6) is 11.8 Å². The predicted molar refractivity (Wildman–Crippen MR) is 97.2 cm³/mol. The summed E-state index contributed by atoms with van der Waals surface area (Å²) in [5, 5.41) is 2.88. The van der Waals surface area contributed by atoms with Crippen LogP contribution in [0, 0.1) is 20.8 Å². The molecule has 1 heterocycles. The molecule has 0 radical (unpaired) electrons. The van der Waals surface area contributed by atoms with Gasteiger partial charge in [0.1, 0.15) is 5.75 Å².